The normalized spacial score (nSPS) is 34.0. The molecule has 0 aromatic carbocycles. The van der Waals surface area contributed by atoms with Gasteiger partial charge in [-0.1, -0.05) is 6.42 Å². The Hall–Kier alpha value is -1.26. The zero-order valence-corrected chi connectivity index (χ0v) is 11.1. The minimum Gasteiger partial charge on any atom is -0.481 e. The molecule has 0 aromatic heterocycles. The predicted octanol–water partition coefficient (Wildman–Crippen LogP) is 1.73. The molecule has 3 rings (SSSR count). The van der Waals surface area contributed by atoms with Crippen LogP contribution >= 0.6 is 0 Å². The lowest BCUT2D eigenvalue weighted by Crippen LogP contribution is -2.49. The highest BCUT2D eigenvalue weighted by molar-refractivity contribution is 5.76. The van der Waals surface area contributed by atoms with Crippen molar-refractivity contribution >= 4 is 12.0 Å². The Bertz CT molecular complexity index is 381. The van der Waals surface area contributed by atoms with Crippen LogP contribution in [0.15, 0.2) is 0 Å². The van der Waals surface area contributed by atoms with E-state index in [9.17, 15) is 9.59 Å². The molecule has 0 heterocycles. The Balaban J connectivity index is 1.48. The molecule has 2 amide bonds. The fourth-order valence-electron chi connectivity index (χ4n) is 3.82. The van der Waals surface area contributed by atoms with Crippen molar-refractivity contribution in [3.8, 4) is 0 Å². The van der Waals surface area contributed by atoms with Crippen molar-refractivity contribution in [2.45, 2.75) is 57.0 Å². The maximum Gasteiger partial charge on any atom is 0.315 e. The van der Waals surface area contributed by atoms with Crippen LogP contribution in [0.3, 0.4) is 0 Å². The van der Waals surface area contributed by atoms with Crippen LogP contribution in [0, 0.1) is 17.8 Å². The lowest BCUT2D eigenvalue weighted by Gasteiger charge is -2.25. The third-order valence-electron chi connectivity index (χ3n) is 4.96. The number of carboxylic acid groups (broad SMARTS) is 1. The Labute approximate surface area is 113 Å². The minimum atomic E-state index is -0.836. The van der Waals surface area contributed by atoms with Gasteiger partial charge in [0.1, 0.15) is 0 Å². The van der Waals surface area contributed by atoms with Gasteiger partial charge in [0.05, 0.1) is 6.42 Å². The fraction of sp³-hybridized carbons (Fsp3) is 0.857. The molecule has 3 fully saturated rings. The maximum atomic E-state index is 12.0. The number of urea groups is 1. The summed E-state index contributed by atoms with van der Waals surface area (Å²) < 4.78 is 0. The van der Waals surface area contributed by atoms with E-state index in [1.54, 1.807) is 0 Å². The van der Waals surface area contributed by atoms with Crippen molar-refractivity contribution < 1.29 is 14.7 Å². The van der Waals surface area contributed by atoms with E-state index in [0.29, 0.717) is 17.9 Å². The van der Waals surface area contributed by atoms with Gasteiger partial charge in [-0.05, 0) is 49.9 Å². The molecule has 4 atom stereocenters. The molecule has 0 aromatic rings. The van der Waals surface area contributed by atoms with E-state index in [1.165, 1.54) is 19.3 Å². The minimum absolute atomic E-state index is 0.0365. The molecule has 0 saturated heterocycles. The van der Waals surface area contributed by atoms with Gasteiger partial charge < -0.3 is 15.7 Å². The smallest absolute Gasteiger partial charge is 0.315 e. The number of amides is 2. The van der Waals surface area contributed by atoms with Gasteiger partial charge in [0.15, 0.2) is 0 Å². The van der Waals surface area contributed by atoms with E-state index in [-0.39, 0.29) is 18.5 Å². The van der Waals surface area contributed by atoms with E-state index in [0.717, 1.165) is 25.2 Å². The number of fused-ring (bicyclic) bond motifs is 2. The number of carbonyl (C=O) groups excluding carboxylic acids is 1. The van der Waals surface area contributed by atoms with E-state index < -0.39 is 5.97 Å². The first-order chi connectivity index (χ1) is 9.11. The number of hydrogen-bond acceptors (Lipinski definition) is 2. The lowest BCUT2D eigenvalue weighted by molar-refractivity contribution is -0.137. The predicted molar refractivity (Wildman–Crippen MR) is 69.7 cm³/mol. The number of rotatable bonds is 5. The highest BCUT2D eigenvalue weighted by Gasteiger charge is 2.40. The molecule has 5 nitrogen and oxygen atoms in total. The van der Waals surface area contributed by atoms with Crippen LogP contribution < -0.4 is 10.6 Å². The van der Waals surface area contributed by atoms with Crippen LogP contribution in [0.25, 0.3) is 0 Å². The summed E-state index contributed by atoms with van der Waals surface area (Å²) in [6.45, 7) is 0. The largest absolute Gasteiger partial charge is 0.481 e. The van der Waals surface area contributed by atoms with Crippen molar-refractivity contribution in [3.05, 3.63) is 0 Å². The summed E-state index contributed by atoms with van der Waals surface area (Å²) in [5.41, 5.74) is 0. The molecule has 106 valence electrons. The van der Waals surface area contributed by atoms with Crippen molar-refractivity contribution in [1.82, 2.24) is 10.6 Å². The third-order valence-corrected chi connectivity index (χ3v) is 4.96. The first kappa shape index (κ1) is 12.8. The summed E-state index contributed by atoms with van der Waals surface area (Å²) in [5, 5.41) is 14.8. The Morgan fingerprint density at radius 1 is 1.16 bits per heavy atom. The van der Waals surface area contributed by atoms with Crippen LogP contribution in [0.5, 0.6) is 0 Å². The molecule has 0 spiro atoms. The van der Waals surface area contributed by atoms with Crippen molar-refractivity contribution in [1.29, 1.82) is 0 Å². The molecule has 0 aliphatic heterocycles. The lowest BCUT2D eigenvalue weighted by atomic mass is 9.95. The first-order valence-corrected chi connectivity index (χ1v) is 7.40. The molecule has 4 unspecified atom stereocenters. The van der Waals surface area contributed by atoms with Crippen LogP contribution in [0.4, 0.5) is 4.79 Å². The van der Waals surface area contributed by atoms with Crippen LogP contribution in [-0.4, -0.2) is 29.2 Å². The standard InChI is InChI=1S/C14H22N2O3/c17-13(18)7-12(9-3-4-9)16-14(19)15-11-6-8-1-2-10(11)5-8/h8-12H,1-7H2,(H,17,18)(H2,15,16,19). The van der Waals surface area contributed by atoms with E-state index >= 15 is 0 Å². The highest BCUT2D eigenvalue weighted by Crippen LogP contribution is 2.44. The average molecular weight is 266 g/mol. The maximum absolute atomic E-state index is 12.0. The van der Waals surface area contributed by atoms with Gasteiger partial charge in [-0.3, -0.25) is 4.79 Å². The highest BCUT2D eigenvalue weighted by atomic mass is 16.4. The zero-order valence-electron chi connectivity index (χ0n) is 11.1. The molecule has 2 bridgehead atoms. The Kier molecular flexibility index (Phi) is 3.37. The van der Waals surface area contributed by atoms with Gasteiger partial charge in [-0.2, -0.15) is 0 Å². The first-order valence-electron chi connectivity index (χ1n) is 7.40. The van der Waals surface area contributed by atoms with Crippen molar-refractivity contribution in [2.24, 2.45) is 17.8 Å². The molecule has 19 heavy (non-hydrogen) atoms. The average Bonchev–Trinajstić information content (AvgIpc) is 2.99. The molecular weight excluding hydrogens is 244 g/mol. The summed E-state index contributed by atoms with van der Waals surface area (Å²) in [6, 6.07) is -0.0600. The van der Waals surface area contributed by atoms with Gasteiger partial charge in [0.25, 0.3) is 0 Å². The summed E-state index contributed by atoms with van der Waals surface area (Å²) in [5.74, 6) is 0.974. The second-order valence-corrected chi connectivity index (χ2v) is 6.44. The van der Waals surface area contributed by atoms with Gasteiger partial charge in [0, 0.05) is 12.1 Å². The Morgan fingerprint density at radius 2 is 1.95 bits per heavy atom. The van der Waals surface area contributed by atoms with Crippen LogP contribution in [0.1, 0.15) is 44.9 Å². The summed E-state index contributed by atoms with van der Waals surface area (Å²) in [4.78, 5) is 22.8. The summed E-state index contributed by atoms with van der Waals surface area (Å²) in [6.07, 6.45) is 7.01. The van der Waals surface area contributed by atoms with Crippen LogP contribution in [-0.2, 0) is 4.79 Å². The number of hydrogen-bond donors (Lipinski definition) is 3. The molecule has 3 aliphatic carbocycles. The molecule has 3 saturated carbocycles. The second kappa shape index (κ2) is 5.02. The fourth-order valence-corrected chi connectivity index (χ4v) is 3.82. The number of carbonyl (C=O) groups is 2. The topological polar surface area (TPSA) is 78.4 Å². The summed E-state index contributed by atoms with van der Waals surface area (Å²) >= 11 is 0. The van der Waals surface area contributed by atoms with Crippen molar-refractivity contribution in [3.63, 3.8) is 0 Å². The number of carboxylic acids is 1. The molecule has 3 aliphatic rings. The van der Waals surface area contributed by atoms with Gasteiger partial charge >= 0.3 is 12.0 Å². The summed E-state index contributed by atoms with van der Waals surface area (Å²) in [7, 11) is 0. The molecule has 5 heteroatoms. The monoisotopic (exact) mass is 266 g/mol. The van der Waals surface area contributed by atoms with Gasteiger partial charge in [-0.15, -0.1) is 0 Å². The Morgan fingerprint density at radius 3 is 2.47 bits per heavy atom. The van der Waals surface area contributed by atoms with Gasteiger partial charge in [0.2, 0.25) is 0 Å². The zero-order chi connectivity index (χ0) is 13.4. The van der Waals surface area contributed by atoms with Crippen LogP contribution in [0.2, 0.25) is 0 Å². The van der Waals surface area contributed by atoms with E-state index in [1.807, 2.05) is 0 Å². The van der Waals surface area contributed by atoms with Crippen molar-refractivity contribution in [2.75, 3.05) is 0 Å². The quantitative estimate of drug-likeness (QED) is 0.709. The number of nitrogens with one attached hydrogen (secondary N) is 2. The second-order valence-electron chi connectivity index (χ2n) is 6.44. The van der Waals surface area contributed by atoms with E-state index in [2.05, 4.69) is 10.6 Å². The molecular formula is C14H22N2O3. The van der Waals surface area contributed by atoms with E-state index in [4.69, 9.17) is 5.11 Å². The SMILES string of the molecule is O=C(O)CC(NC(=O)NC1CC2CCC1C2)C1CC1. The van der Waals surface area contributed by atoms with Gasteiger partial charge in [-0.25, -0.2) is 4.79 Å². The molecule has 0 radical (unpaired) electrons. The number of aliphatic carboxylic acids is 1. The molecule has 3 N–H and O–H groups in total. The third kappa shape index (κ3) is 3.01.